The molecule has 108 valence electrons. The minimum atomic E-state index is 0.0850. The van der Waals surface area contributed by atoms with Crippen molar-refractivity contribution in [3.05, 3.63) is 39.8 Å². The van der Waals surface area contributed by atoms with Gasteiger partial charge in [0.25, 0.3) is 0 Å². The quantitative estimate of drug-likeness (QED) is 0.944. The van der Waals surface area contributed by atoms with E-state index in [0.29, 0.717) is 6.04 Å². The van der Waals surface area contributed by atoms with Gasteiger partial charge in [0.15, 0.2) is 0 Å². The average molecular weight is 290 g/mol. The number of hydrogen-bond acceptors (Lipinski definition) is 4. The van der Waals surface area contributed by atoms with Crippen LogP contribution in [-0.4, -0.2) is 27.3 Å². The molecule has 3 rings (SSSR count). The Kier molecular flexibility index (Phi) is 3.67. The first-order valence-corrected chi connectivity index (χ1v) is 8.02. The van der Waals surface area contributed by atoms with Crippen molar-refractivity contribution in [1.29, 1.82) is 0 Å². The molecule has 20 heavy (non-hydrogen) atoms. The zero-order chi connectivity index (χ0) is 14.3. The Hall–Kier alpha value is -1.17. The molecule has 2 aromatic rings. The Morgan fingerprint density at radius 3 is 2.95 bits per heavy atom. The number of aryl methyl sites for hydroxylation is 1. The summed E-state index contributed by atoms with van der Waals surface area (Å²) >= 11 is 1.88. The Labute approximate surface area is 124 Å². The second-order valence-corrected chi connectivity index (χ2v) is 6.71. The third-order valence-electron chi connectivity index (χ3n) is 4.25. The van der Waals surface area contributed by atoms with Gasteiger partial charge in [-0.15, -0.1) is 11.3 Å². The molecule has 4 nitrogen and oxygen atoms in total. The van der Waals surface area contributed by atoms with Crippen LogP contribution in [0, 0.1) is 0 Å². The van der Waals surface area contributed by atoms with E-state index >= 15 is 0 Å². The topological polar surface area (TPSA) is 47.1 Å². The van der Waals surface area contributed by atoms with Gasteiger partial charge < -0.3 is 5.73 Å². The summed E-state index contributed by atoms with van der Waals surface area (Å²) in [5.41, 5.74) is 8.97. The van der Waals surface area contributed by atoms with Crippen molar-refractivity contribution >= 4 is 11.3 Å². The molecule has 3 unspecified atom stereocenters. The highest BCUT2D eigenvalue weighted by molar-refractivity contribution is 7.10. The molecule has 0 fully saturated rings. The fourth-order valence-corrected chi connectivity index (χ4v) is 4.26. The maximum absolute atomic E-state index is 6.29. The highest BCUT2D eigenvalue weighted by atomic mass is 32.1. The summed E-state index contributed by atoms with van der Waals surface area (Å²) in [7, 11) is 1.96. The molecule has 3 heterocycles. The minimum Gasteiger partial charge on any atom is -0.326 e. The lowest BCUT2D eigenvalue weighted by Crippen LogP contribution is -2.43. The zero-order valence-electron chi connectivity index (χ0n) is 12.3. The van der Waals surface area contributed by atoms with Crippen LogP contribution in [-0.2, 0) is 13.5 Å². The summed E-state index contributed by atoms with van der Waals surface area (Å²) < 4.78 is 1.86. The maximum atomic E-state index is 6.29. The second-order valence-electron chi connectivity index (χ2n) is 5.71. The molecule has 0 saturated carbocycles. The van der Waals surface area contributed by atoms with Gasteiger partial charge in [-0.25, -0.2) is 0 Å². The van der Waals surface area contributed by atoms with Crippen molar-refractivity contribution < 1.29 is 0 Å². The second kappa shape index (κ2) is 5.31. The van der Waals surface area contributed by atoms with Gasteiger partial charge in [0.05, 0.1) is 12.2 Å². The smallest absolute Gasteiger partial charge is 0.0538 e. The fraction of sp³-hybridized carbons (Fsp3) is 0.533. The number of nitrogens with two attached hydrogens (primary N) is 1. The largest absolute Gasteiger partial charge is 0.326 e. The molecule has 0 radical (unpaired) electrons. The van der Waals surface area contributed by atoms with Crippen molar-refractivity contribution in [1.82, 2.24) is 14.7 Å². The van der Waals surface area contributed by atoms with E-state index in [0.717, 1.165) is 13.0 Å². The first-order chi connectivity index (χ1) is 9.58. The molecule has 1 aliphatic heterocycles. The molecule has 2 N–H and O–H groups in total. The molecule has 0 aliphatic carbocycles. The molecule has 0 saturated heterocycles. The monoisotopic (exact) mass is 290 g/mol. The first-order valence-electron chi connectivity index (χ1n) is 7.14. The van der Waals surface area contributed by atoms with Crippen LogP contribution in [0.4, 0.5) is 0 Å². The van der Waals surface area contributed by atoms with Crippen molar-refractivity contribution in [2.24, 2.45) is 12.8 Å². The summed E-state index contributed by atoms with van der Waals surface area (Å²) in [4.78, 5) is 4.06. The third-order valence-corrected chi connectivity index (χ3v) is 5.24. The number of aromatic nitrogens is 2. The maximum Gasteiger partial charge on any atom is 0.0538 e. The van der Waals surface area contributed by atoms with E-state index in [1.54, 1.807) is 0 Å². The predicted octanol–water partition coefficient (Wildman–Crippen LogP) is 2.49. The Morgan fingerprint density at radius 1 is 1.50 bits per heavy atom. The summed E-state index contributed by atoms with van der Waals surface area (Å²) in [5.74, 6) is 0. The van der Waals surface area contributed by atoms with Gasteiger partial charge >= 0.3 is 0 Å². The van der Waals surface area contributed by atoms with Gasteiger partial charge in [0.1, 0.15) is 0 Å². The van der Waals surface area contributed by atoms with Crippen LogP contribution in [0.2, 0.25) is 0 Å². The van der Waals surface area contributed by atoms with Gasteiger partial charge in [-0.1, -0.05) is 0 Å². The molecular formula is C15H22N4S. The van der Waals surface area contributed by atoms with Crippen molar-refractivity contribution in [3.63, 3.8) is 0 Å². The van der Waals surface area contributed by atoms with E-state index in [9.17, 15) is 0 Å². The summed E-state index contributed by atoms with van der Waals surface area (Å²) in [6.07, 6.45) is 5.16. The Morgan fingerprint density at radius 2 is 2.30 bits per heavy atom. The first kappa shape index (κ1) is 13.8. The van der Waals surface area contributed by atoms with Crippen LogP contribution in [0.5, 0.6) is 0 Å². The van der Waals surface area contributed by atoms with E-state index < -0.39 is 0 Å². The molecule has 0 amide bonds. The summed E-state index contributed by atoms with van der Waals surface area (Å²) in [5, 5.41) is 6.51. The van der Waals surface area contributed by atoms with E-state index in [2.05, 4.69) is 41.5 Å². The Balaban J connectivity index is 1.93. The fourth-order valence-electron chi connectivity index (χ4n) is 3.30. The number of fused-ring (bicyclic) bond motifs is 1. The highest BCUT2D eigenvalue weighted by Crippen LogP contribution is 2.38. The van der Waals surface area contributed by atoms with Gasteiger partial charge in [-0.2, -0.15) is 5.10 Å². The molecular weight excluding hydrogens is 268 g/mol. The van der Waals surface area contributed by atoms with Gasteiger partial charge in [0.2, 0.25) is 0 Å². The van der Waals surface area contributed by atoms with Gasteiger partial charge in [0, 0.05) is 42.3 Å². The number of hydrogen-bond donors (Lipinski definition) is 1. The lowest BCUT2D eigenvalue weighted by atomic mass is 9.94. The van der Waals surface area contributed by atoms with Crippen molar-refractivity contribution in [2.45, 2.75) is 38.4 Å². The summed E-state index contributed by atoms with van der Waals surface area (Å²) in [6.45, 7) is 5.44. The molecule has 0 aromatic carbocycles. The molecule has 5 heteroatoms. The van der Waals surface area contributed by atoms with Crippen LogP contribution >= 0.6 is 11.3 Å². The molecule has 2 aromatic heterocycles. The molecule has 0 spiro atoms. The number of thiophene rings is 1. The van der Waals surface area contributed by atoms with Gasteiger partial charge in [-0.3, -0.25) is 9.58 Å². The third kappa shape index (κ3) is 2.30. The van der Waals surface area contributed by atoms with Crippen molar-refractivity contribution in [2.75, 3.05) is 6.54 Å². The molecule has 3 atom stereocenters. The van der Waals surface area contributed by atoms with Crippen LogP contribution in [0.1, 0.15) is 41.9 Å². The zero-order valence-corrected chi connectivity index (χ0v) is 13.1. The number of nitrogens with zero attached hydrogens (tertiary/aromatic N) is 3. The van der Waals surface area contributed by atoms with E-state index in [1.165, 1.54) is 16.0 Å². The van der Waals surface area contributed by atoms with Crippen molar-refractivity contribution in [3.8, 4) is 0 Å². The van der Waals surface area contributed by atoms with E-state index in [-0.39, 0.29) is 12.1 Å². The van der Waals surface area contributed by atoms with E-state index in [1.807, 2.05) is 29.3 Å². The molecule has 1 aliphatic rings. The Bertz CT molecular complexity index is 586. The van der Waals surface area contributed by atoms with Gasteiger partial charge in [-0.05, 0) is 37.3 Å². The van der Waals surface area contributed by atoms with Crippen LogP contribution in [0.25, 0.3) is 0 Å². The lowest BCUT2D eigenvalue weighted by molar-refractivity contribution is 0.119. The minimum absolute atomic E-state index is 0.0850. The normalized spacial score (nSPS) is 22.5. The lowest BCUT2D eigenvalue weighted by Gasteiger charge is -2.41. The van der Waals surface area contributed by atoms with Crippen LogP contribution in [0.15, 0.2) is 23.8 Å². The average Bonchev–Trinajstić information content (AvgIpc) is 3.01. The van der Waals surface area contributed by atoms with Crippen LogP contribution in [0.3, 0.4) is 0 Å². The number of rotatable bonds is 3. The highest BCUT2D eigenvalue weighted by Gasteiger charge is 2.33. The summed E-state index contributed by atoms with van der Waals surface area (Å²) in [6, 6.07) is 2.99. The van der Waals surface area contributed by atoms with E-state index in [4.69, 9.17) is 5.73 Å². The SMILES string of the molecule is CC(N)C(c1cnn(C)c1)N1CCc2sccc2C1C. The standard InChI is InChI=1S/C15H22N4S/c1-10(16)15(12-8-17-18(3)9-12)19-6-4-14-13(11(19)2)5-7-20-14/h5,7-11,15H,4,6,16H2,1-3H3. The molecule has 0 bridgehead atoms. The van der Waals surface area contributed by atoms with Crippen LogP contribution < -0.4 is 5.73 Å². The predicted molar refractivity (Wildman–Crippen MR) is 82.7 cm³/mol.